The van der Waals surface area contributed by atoms with Crippen LogP contribution >= 0.6 is 0 Å². The zero-order valence-electron chi connectivity index (χ0n) is 17.4. The first-order valence-corrected chi connectivity index (χ1v) is 9.71. The maximum absolute atomic E-state index is 12.6. The van der Waals surface area contributed by atoms with Gasteiger partial charge in [-0.05, 0) is 51.7 Å². The second-order valence-electron chi connectivity index (χ2n) is 7.85. The Morgan fingerprint density at radius 1 is 1.21 bits per heavy atom. The summed E-state index contributed by atoms with van der Waals surface area (Å²) in [7, 11) is 1.36. The Morgan fingerprint density at radius 3 is 2.52 bits per heavy atom. The molecule has 7 nitrogen and oxygen atoms in total. The summed E-state index contributed by atoms with van der Waals surface area (Å²) in [4.78, 5) is 37.3. The Labute approximate surface area is 171 Å². The normalized spacial score (nSPS) is 19.3. The van der Waals surface area contributed by atoms with Crippen LogP contribution in [0.15, 0.2) is 42.5 Å². The molecule has 0 aliphatic carbocycles. The van der Waals surface area contributed by atoms with E-state index >= 15 is 0 Å². The first kappa shape index (κ1) is 22.5. The highest BCUT2D eigenvalue weighted by Crippen LogP contribution is 2.26. The predicted molar refractivity (Wildman–Crippen MR) is 107 cm³/mol. The molecule has 1 aliphatic rings. The third-order valence-electron chi connectivity index (χ3n) is 4.33. The van der Waals surface area contributed by atoms with Crippen LogP contribution in [0.3, 0.4) is 0 Å². The quantitative estimate of drug-likeness (QED) is 0.293. The van der Waals surface area contributed by atoms with Crippen LogP contribution in [-0.4, -0.2) is 47.9 Å². The summed E-state index contributed by atoms with van der Waals surface area (Å²) in [5.41, 5.74) is 0.254. The Bertz CT molecular complexity index is 737. The zero-order valence-corrected chi connectivity index (χ0v) is 17.4. The first-order chi connectivity index (χ1) is 13.7. The van der Waals surface area contributed by atoms with E-state index in [-0.39, 0.29) is 5.97 Å². The van der Waals surface area contributed by atoms with Gasteiger partial charge in [0.2, 0.25) is 0 Å². The van der Waals surface area contributed by atoms with E-state index in [9.17, 15) is 14.4 Å². The lowest BCUT2D eigenvalue weighted by Gasteiger charge is -2.26. The lowest BCUT2D eigenvalue weighted by atomic mass is 10.00. The number of carbonyl (C=O) groups excluding carboxylic acids is 3. The number of hydrogen-bond donors (Lipinski definition) is 0. The molecule has 0 spiro atoms. The molecule has 1 aromatic carbocycles. The number of carbonyl (C=O) groups is 3. The molecule has 0 bridgehead atoms. The monoisotopic (exact) mass is 403 g/mol. The van der Waals surface area contributed by atoms with Crippen LogP contribution in [0, 0.1) is 0 Å². The largest absolute Gasteiger partial charge is 0.469 e. The molecule has 2 amide bonds. The molecule has 2 rings (SSSR count). The number of benzene rings is 1. The zero-order chi connectivity index (χ0) is 21.4. The van der Waals surface area contributed by atoms with Gasteiger partial charge >= 0.3 is 18.2 Å². The molecule has 0 unspecified atom stereocenters. The number of unbranched alkanes of at least 4 members (excludes halogenated alkanes) is 1. The lowest BCUT2D eigenvalue weighted by molar-refractivity contribution is -0.140. The SMILES string of the molecule is COC(=O)CCCC=C[C@@H]1OC(=O)N(C(=O)OC(C)(C)C)[C@H]1Cc1ccccc1. The Kier molecular flexibility index (Phi) is 7.82. The van der Waals surface area contributed by atoms with E-state index in [1.165, 1.54) is 7.11 Å². The Hall–Kier alpha value is -2.83. The van der Waals surface area contributed by atoms with Crippen LogP contribution in [0.5, 0.6) is 0 Å². The number of methoxy groups -OCH3 is 1. The van der Waals surface area contributed by atoms with Gasteiger partial charge in [-0.15, -0.1) is 0 Å². The highest BCUT2D eigenvalue weighted by Gasteiger charge is 2.46. The second kappa shape index (κ2) is 10.1. The topological polar surface area (TPSA) is 82.1 Å². The molecule has 29 heavy (non-hydrogen) atoms. The van der Waals surface area contributed by atoms with Gasteiger partial charge in [0.25, 0.3) is 0 Å². The maximum atomic E-state index is 12.6. The molecule has 0 N–H and O–H groups in total. The summed E-state index contributed by atoms with van der Waals surface area (Å²) in [6.45, 7) is 5.24. The van der Waals surface area contributed by atoms with Gasteiger partial charge in [-0.3, -0.25) is 4.79 Å². The molecule has 1 aromatic rings. The van der Waals surface area contributed by atoms with Crippen LogP contribution in [0.4, 0.5) is 9.59 Å². The molecule has 158 valence electrons. The molecule has 7 heteroatoms. The molecule has 0 aromatic heterocycles. The number of nitrogens with zero attached hydrogens (tertiary/aromatic N) is 1. The third kappa shape index (κ3) is 6.93. The van der Waals surface area contributed by atoms with E-state index in [1.54, 1.807) is 26.8 Å². The van der Waals surface area contributed by atoms with Crippen molar-refractivity contribution in [3.8, 4) is 0 Å². The summed E-state index contributed by atoms with van der Waals surface area (Å²) < 4.78 is 15.5. The number of allylic oxidation sites excluding steroid dienone is 1. The van der Waals surface area contributed by atoms with E-state index in [1.807, 2.05) is 36.4 Å². The minimum atomic E-state index is -0.726. The number of esters is 1. The molecule has 1 saturated heterocycles. The highest BCUT2D eigenvalue weighted by molar-refractivity contribution is 5.90. The van der Waals surface area contributed by atoms with Crippen LogP contribution in [0.25, 0.3) is 0 Å². The van der Waals surface area contributed by atoms with Crippen molar-refractivity contribution in [2.24, 2.45) is 0 Å². The van der Waals surface area contributed by atoms with Gasteiger partial charge in [0.05, 0.1) is 13.2 Å². The van der Waals surface area contributed by atoms with Crippen molar-refractivity contribution in [2.45, 2.75) is 64.2 Å². The highest BCUT2D eigenvalue weighted by atomic mass is 16.6. The average molecular weight is 403 g/mol. The van der Waals surface area contributed by atoms with E-state index in [2.05, 4.69) is 4.74 Å². The van der Waals surface area contributed by atoms with Gasteiger partial charge in [0, 0.05) is 6.42 Å². The lowest BCUT2D eigenvalue weighted by Crippen LogP contribution is -2.44. The number of rotatable bonds is 7. The van der Waals surface area contributed by atoms with Gasteiger partial charge in [-0.1, -0.05) is 36.4 Å². The molecule has 2 atom stereocenters. The predicted octanol–water partition coefficient (Wildman–Crippen LogP) is 4.25. The third-order valence-corrected chi connectivity index (χ3v) is 4.33. The fraction of sp³-hybridized carbons (Fsp3) is 0.500. The first-order valence-electron chi connectivity index (χ1n) is 9.71. The molecule has 1 aliphatic heterocycles. The standard InChI is InChI=1S/C22H29NO6/c1-22(2,3)29-21(26)23-17(15-16-11-7-5-8-12-16)18(28-20(23)25)13-9-6-10-14-19(24)27-4/h5,7-9,11-13,17-18H,6,10,14-15H2,1-4H3/t17-,18-/m0/s1. The van der Waals surface area contributed by atoms with Gasteiger partial charge in [0.15, 0.2) is 0 Å². The Balaban J connectivity index is 2.13. The number of imide groups is 1. The van der Waals surface area contributed by atoms with Crippen LogP contribution < -0.4 is 0 Å². The van der Waals surface area contributed by atoms with Crippen molar-refractivity contribution in [3.63, 3.8) is 0 Å². The molecule has 0 saturated carbocycles. The number of hydrogen-bond acceptors (Lipinski definition) is 6. The summed E-state index contributed by atoms with van der Waals surface area (Å²) in [5.74, 6) is -0.260. The van der Waals surface area contributed by atoms with Crippen molar-refractivity contribution < 1.29 is 28.6 Å². The van der Waals surface area contributed by atoms with Crippen LogP contribution in [0.1, 0.15) is 45.6 Å². The fourth-order valence-corrected chi connectivity index (χ4v) is 2.98. The minimum absolute atomic E-state index is 0.260. The van der Waals surface area contributed by atoms with Gasteiger partial charge < -0.3 is 14.2 Å². The summed E-state index contributed by atoms with van der Waals surface area (Å²) in [6.07, 6.45) is 3.63. The molecule has 0 radical (unpaired) electrons. The van der Waals surface area contributed by atoms with Gasteiger partial charge in [0.1, 0.15) is 11.7 Å². The average Bonchev–Trinajstić information content (AvgIpc) is 2.95. The van der Waals surface area contributed by atoms with E-state index < -0.39 is 29.9 Å². The van der Waals surface area contributed by atoms with Crippen molar-refractivity contribution in [1.82, 2.24) is 4.90 Å². The molecular weight excluding hydrogens is 374 g/mol. The van der Waals surface area contributed by atoms with Crippen LogP contribution in [0.2, 0.25) is 0 Å². The summed E-state index contributed by atoms with van der Waals surface area (Å²) in [5, 5.41) is 0. The molecular formula is C22H29NO6. The van der Waals surface area contributed by atoms with Crippen molar-refractivity contribution in [3.05, 3.63) is 48.0 Å². The van der Waals surface area contributed by atoms with E-state index in [4.69, 9.17) is 9.47 Å². The fourth-order valence-electron chi connectivity index (χ4n) is 2.98. The maximum Gasteiger partial charge on any atom is 0.420 e. The Morgan fingerprint density at radius 2 is 1.90 bits per heavy atom. The van der Waals surface area contributed by atoms with Crippen LogP contribution in [-0.2, 0) is 25.4 Å². The second-order valence-corrected chi connectivity index (χ2v) is 7.85. The molecule has 1 fully saturated rings. The molecule has 1 heterocycles. The summed E-state index contributed by atoms with van der Waals surface area (Å²) in [6, 6.07) is 9.08. The minimum Gasteiger partial charge on any atom is -0.469 e. The van der Waals surface area contributed by atoms with Crippen molar-refractivity contribution >= 4 is 18.2 Å². The van der Waals surface area contributed by atoms with Crippen molar-refractivity contribution in [1.29, 1.82) is 0 Å². The number of cyclic esters (lactones) is 1. The van der Waals surface area contributed by atoms with Crippen molar-refractivity contribution in [2.75, 3.05) is 7.11 Å². The van der Waals surface area contributed by atoms with Gasteiger partial charge in [-0.25, -0.2) is 14.5 Å². The smallest absolute Gasteiger partial charge is 0.420 e. The van der Waals surface area contributed by atoms with Gasteiger partial charge in [-0.2, -0.15) is 0 Å². The van der Waals surface area contributed by atoms with E-state index in [0.29, 0.717) is 25.7 Å². The number of ether oxygens (including phenoxy) is 3. The summed E-state index contributed by atoms with van der Waals surface area (Å²) >= 11 is 0. The van der Waals surface area contributed by atoms with E-state index in [0.717, 1.165) is 10.5 Å². The number of amides is 2.